The first-order valence-corrected chi connectivity index (χ1v) is 8.35. The quantitative estimate of drug-likeness (QED) is 0.370. The summed E-state index contributed by atoms with van der Waals surface area (Å²) in [4.78, 5) is 8.12. The Morgan fingerprint density at radius 3 is 2.18 bits per heavy atom. The molecule has 0 fully saturated rings. The summed E-state index contributed by atoms with van der Waals surface area (Å²) in [7, 11) is 0. The van der Waals surface area contributed by atoms with Gasteiger partial charge in [-0.3, -0.25) is 22.7 Å². The van der Waals surface area contributed by atoms with Gasteiger partial charge in [-0.15, -0.1) is 33.7 Å². The van der Waals surface area contributed by atoms with E-state index in [-0.39, 0.29) is 19.5 Å². The SMILES string of the molecule is CB(C)c1ccc2n[c-]sc2c1.[Zn+2].[c-]1nc2ccccc2s1. The standard InChI is InChI=1S/C9H9BNS.C7H4NS.Zn/c1-10(2)7-3-4-8-9(5-7)12-6-11-8;1-2-4-7-6(3-1)8-5-9-7;/h3-5H,1-2H3;1-4H;/q2*-1;+2. The summed E-state index contributed by atoms with van der Waals surface area (Å²) < 4.78 is 2.44. The van der Waals surface area contributed by atoms with Crippen molar-refractivity contribution in [2.75, 3.05) is 0 Å². The van der Waals surface area contributed by atoms with Crippen LogP contribution in [0.15, 0.2) is 42.5 Å². The smallest absolute Gasteiger partial charge is 0.386 e. The summed E-state index contributed by atoms with van der Waals surface area (Å²) >= 11 is 3.13. The van der Waals surface area contributed by atoms with Crippen molar-refractivity contribution in [3.8, 4) is 0 Å². The van der Waals surface area contributed by atoms with Crippen molar-refractivity contribution in [1.82, 2.24) is 9.97 Å². The van der Waals surface area contributed by atoms with Crippen LogP contribution >= 0.6 is 22.7 Å². The van der Waals surface area contributed by atoms with Crippen LogP contribution in [0, 0.1) is 11.0 Å². The van der Waals surface area contributed by atoms with E-state index in [0.717, 1.165) is 11.0 Å². The molecule has 0 unspecified atom stereocenters. The van der Waals surface area contributed by atoms with Crippen molar-refractivity contribution >= 4 is 55.3 Å². The molecule has 22 heavy (non-hydrogen) atoms. The van der Waals surface area contributed by atoms with Crippen LogP contribution in [0.1, 0.15) is 0 Å². The minimum atomic E-state index is 0. The molecule has 0 radical (unpaired) electrons. The van der Waals surface area contributed by atoms with Gasteiger partial charge in [0.2, 0.25) is 0 Å². The van der Waals surface area contributed by atoms with Crippen LogP contribution in [-0.4, -0.2) is 16.7 Å². The van der Waals surface area contributed by atoms with E-state index in [1.165, 1.54) is 14.9 Å². The third kappa shape index (κ3) is 4.01. The monoisotopic (exact) mass is 372 g/mol. The van der Waals surface area contributed by atoms with Gasteiger partial charge in [0.25, 0.3) is 0 Å². The first-order chi connectivity index (χ1) is 10.2. The summed E-state index contributed by atoms with van der Waals surface area (Å²) in [6, 6.07) is 14.4. The Bertz CT molecular complexity index is 827. The molecular formula is C16H13BN2S2Zn. The molecule has 4 rings (SSSR count). The van der Waals surface area contributed by atoms with Crippen molar-refractivity contribution in [3.05, 3.63) is 53.5 Å². The molecule has 0 spiro atoms. The van der Waals surface area contributed by atoms with E-state index in [9.17, 15) is 0 Å². The topological polar surface area (TPSA) is 25.8 Å². The average molecular weight is 374 g/mol. The number of thiazole rings is 2. The molecule has 0 saturated heterocycles. The summed E-state index contributed by atoms with van der Waals surface area (Å²) in [5.74, 6) is 0. The summed E-state index contributed by atoms with van der Waals surface area (Å²) in [5.41, 5.74) is 9.20. The second-order valence-corrected chi connectivity index (χ2v) is 6.61. The minimum absolute atomic E-state index is 0. The van der Waals surface area contributed by atoms with Crippen LogP contribution in [0.3, 0.4) is 0 Å². The van der Waals surface area contributed by atoms with Crippen LogP contribution in [0.5, 0.6) is 0 Å². The molecule has 104 valence electrons. The number of aromatic nitrogens is 2. The Morgan fingerprint density at radius 1 is 0.864 bits per heavy atom. The second kappa shape index (κ2) is 7.96. The van der Waals surface area contributed by atoms with Crippen LogP contribution in [0.2, 0.25) is 13.6 Å². The fourth-order valence-corrected chi connectivity index (χ4v) is 3.20. The largest absolute Gasteiger partial charge is 2.00 e. The molecule has 0 amide bonds. The maximum absolute atomic E-state index is 4.11. The Hall–Kier alpha value is -1.09. The second-order valence-electron chi connectivity index (χ2n) is 4.96. The zero-order valence-corrected chi connectivity index (χ0v) is 17.1. The van der Waals surface area contributed by atoms with Gasteiger partial charge >= 0.3 is 19.5 Å². The van der Waals surface area contributed by atoms with Crippen LogP contribution in [0.4, 0.5) is 0 Å². The zero-order valence-electron chi connectivity index (χ0n) is 12.5. The molecular weight excluding hydrogens is 361 g/mol. The Kier molecular flexibility index (Phi) is 6.24. The molecule has 0 aliphatic rings. The number of hydrogen-bond donors (Lipinski definition) is 0. The van der Waals surface area contributed by atoms with Crippen molar-refractivity contribution in [2.24, 2.45) is 0 Å². The maximum atomic E-state index is 4.11. The molecule has 0 N–H and O–H groups in total. The molecule has 0 bridgehead atoms. The Balaban J connectivity index is 0.000000159. The van der Waals surface area contributed by atoms with Gasteiger partial charge in [-0.25, -0.2) is 0 Å². The van der Waals surface area contributed by atoms with Crippen LogP contribution in [-0.2, 0) is 19.5 Å². The van der Waals surface area contributed by atoms with Crippen molar-refractivity contribution in [3.63, 3.8) is 0 Å². The molecule has 2 heterocycles. The molecule has 2 nitrogen and oxygen atoms in total. The van der Waals surface area contributed by atoms with Gasteiger partial charge < -0.3 is 9.97 Å². The number of nitrogens with zero attached hydrogens (tertiary/aromatic N) is 2. The van der Waals surface area contributed by atoms with Crippen LogP contribution < -0.4 is 5.46 Å². The normalized spacial score (nSPS) is 9.91. The molecule has 2 aromatic carbocycles. The van der Waals surface area contributed by atoms with Gasteiger partial charge in [0.05, 0.1) is 0 Å². The van der Waals surface area contributed by atoms with E-state index in [4.69, 9.17) is 0 Å². The van der Waals surface area contributed by atoms with Gasteiger partial charge in [-0.2, -0.15) is 0 Å². The van der Waals surface area contributed by atoms with Gasteiger partial charge in [-0.1, -0.05) is 48.3 Å². The van der Waals surface area contributed by atoms with E-state index < -0.39 is 0 Å². The van der Waals surface area contributed by atoms with Crippen molar-refractivity contribution < 1.29 is 19.5 Å². The number of rotatable bonds is 1. The number of hydrogen-bond acceptors (Lipinski definition) is 4. The summed E-state index contributed by atoms with van der Waals surface area (Å²) in [6.45, 7) is 4.99. The van der Waals surface area contributed by atoms with Crippen LogP contribution in [0.25, 0.3) is 20.4 Å². The predicted molar refractivity (Wildman–Crippen MR) is 94.0 cm³/mol. The predicted octanol–water partition coefficient (Wildman–Crippen LogP) is 4.15. The Morgan fingerprint density at radius 2 is 1.50 bits per heavy atom. The molecule has 0 atom stereocenters. The minimum Gasteiger partial charge on any atom is -0.386 e. The molecule has 0 saturated carbocycles. The van der Waals surface area contributed by atoms with Gasteiger partial charge in [0.1, 0.15) is 0 Å². The van der Waals surface area contributed by atoms with Gasteiger partial charge in [-0.05, 0) is 11.0 Å². The van der Waals surface area contributed by atoms with Crippen molar-refractivity contribution in [1.29, 1.82) is 0 Å². The number of fused-ring (bicyclic) bond motifs is 2. The third-order valence-electron chi connectivity index (χ3n) is 3.16. The van der Waals surface area contributed by atoms with E-state index >= 15 is 0 Å². The number of benzene rings is 2. The molecule has 4 aromatic rings. The van der Waals surface area contributed by atoms with E-state index in [0.29, 0.717) is 6.71 Å². The fraction of sp³-hybridized carbons (Fsp3) is 0.125. The average Bonchev–Trinajstić information content (AvgIpc) is 3.15. The molecule has 0 aliphatic heterocycles. The fourth-order valence-electron chi connectivity index (χ4n) is 1.94. The van der Waals surface area contributed by atoms with E-state index in [1.807, 2.05) is 24.3 Å². The van der Waals surface area contributed by atoms with E-state index in [2.05, 4.69) is 52.8 Å². The van der Waals surface area contributed by atoms with Gasteiger partial charge in [0.15, 0.2) is 6.71 Å². The maximum Gasteiger partial charge on any atom is 2.00 e. The zero-order chi connectivity index (χ0) is 14.7. The molecule has 2 aromatic heterocycles. The third-order valence-corrected chi connectivity index (χ3v) is 4.64. The summed E-state index contributed by atoms with van der Waals surface area (Å²) in [6.07, 6.45) is 0. The van der Waals surface area contributed by atoms with Crippen molar-refractivity contribution in [2.45, 2.75) is 13.6 Å². The van der Waals surface area contributed by atoms with Gasteiger partial charge in [0, 0.05) is 0 Å². The first-order valence-electron chi connectivity index (χ1n) is 6.72. The first kappa shape index (κ1) is 17.3. The molecule has 6 heteroatoms. The van der Waals surface area contributed by atoms with E-state index in [1.54, 1.807) is 22.7 Å². The summed E-state index contributed by atoms with van der Waals surface area (Å²) in [5, 5.41) is 0. The Labute approximate surface area is 151 Å². The number of para-hydroxylation sites is 1. The molecule has 0 aliphatic carbocycles.